The standard InChI is InChI=1S/C6H12N2.C4H4O2/c7-8-6-4-2-1-3-5-6;1-2-6-4-3-5-1/h6-7H,1-5H2;1-4H. The van der Waals surface area contributed by atoms with Crippen LogP contribution in [0.1, 0.15) is 32.1 Å². The summed E-state index contributed by atoms with van der Waals surface area (Å²) in [6, 6.07) is 0.378. The molecule has 1 aliphatic heterocycles. The molecule has 0 radical (unpaired) electrons. The van der Waals surface area contributed by atoms with E-state index < -0.39 is 0 Å². The molecule has 0 aromatic heterocycles. The van der Waals surface area contributed by atoms with E-state index in [4.69, 9.17) is 5.53 Å². The van der Waals surface area contributed by atoms with Gasteiger partial charge in [0.2, 0.25) is 0 Å². The summed E-state index contributed by atoms with van der Waals surface area (Å²) in [7, 11) is 0. The van der Waals surface area contributed by atoms with E-state index in [1.54, 1.807) is 0 Å². The fourth-order valence-electron chi connectivity index (χ4n) is 1.43. The van der Waals surface area contributed by atoms with Crippen molar-refractivity contribution in [1.82, 2.24) is 0 Å². The van der Waals surface area contributed by atoms with Crippen molar-refractivity contribution in [3.8, 4) is 0 Å². The zero-order valence-corrected chi connectivity index (χ0v) is 8.19. The van der Waals surface area contributed by atoms with Crippen LogP contribution >= 0.6 is 0 Å². The van der Waals surface area contributed by atoms with Gasteiger partial charge in [-0.2, -0.15) is 5.11 Å². The van der Waals surface area contributed by atoms with Crippen LogP contribution in [0.5, 0.6) is 0 Å². The molecule has 2 aliphatic rings. The molecular weight excluding hydrogens is 180 g/mol. The summed E-state index contributed by atoms with van der Waals surface area (Å²) in [6.45, 7) is 0. The Bertz CT molecular complexity index is 188. The van der Waals surface area contributed by atoms with Crippen molar-refractivity contribution in [1.29, 1.82) is 5.53 Å². The van der Waals surface area contributed by atoms with Gasteiger partial charge in [-0.1, -0.05) is 19.3 Å². The maximum atomic E-state index is 6.72. The van der Waals surface area contributed by atoms with Gasteiger partial charge in [0.25, 0.3) is 0 Å². The molecule has 0 aromatic rings. The largest absolute Gasteiger partial charge is 0.466 e. The minimum absolute atomic E-state index is 0.378. The molecule has 2 rings (SSSR count). The molecule has 1 aliphatic carbocycles. The number of hydrogen-bond donors (Lipinski definition) is 1. The Morgan fingerprint density at radius 1 is 0.929 bits per heavy atom. The quantitative estimate of drug-likeness (QED) is 0.654. The third-order valence-corrected chi connectivity index (χ3v) is 2.18. The Kier molecular flexibility index (Phi) is 5.47. The number of ether oxygens (including phenoxy) is 2. The highest BCUT2D eigenvalue weighted by atomic mass is 16.5. The summed E-state index contributed by atoms with van der Waals surface area (Å²) in [6.07, 6.45) is 12.1. The molecule has 78 valence electrons. The van der Waals surface area contributed by atoms with E-state index >= 15 is 0 Å². The van der Waals surface area contributed by atoms with Crippen LogP contribution in [0.4, 0.5) is 0 Å². The number of hydrogen-bond acceptors (Lipinski definition) is 4. The highest BCUT2D eigenvalue weighted by Gasteiger charge is 2.10. The van der Waals surface area contributed by atoms with Gasteiger partial charge >= 0.3 is 0 Å². The first-order chi connectivity index (χ1) is 6.93. The van der Waals surface area contributed by atoms with Gasteiger partial charge in [0.15, 0.2) is 0 Å². The Morgan fingerprint density at radius 3 is 1.71 bits per heavy atom. The Morgan fingerprint density at radius 2 is 1.43 bits per heavy atom. The van der Waals surface area contributed by atoms with Crippen LogP contribution in [-0.2, 0) is 9.47 Å². The number of rotatable bonds is 1. The average Bonchev–Trinajstić information content (AvgIpc) is 2.33. The second-order valence-electron chi connectivity index (χ2n) is 3.24. The van der Waals surface area contributed by atoms with E-state index in [0.717, 1.165) is 12.8 Å². The molecule has 1 fully saturated rings. The second kappa shape index (κ2) is 7.12. The predicted molar refractivity (Wildman–Crippen MR) is 52.5 cm³/mol. The monoisotopic (exact) mass is 196 g/mol. The second-order valence-corrected chi connectivity index (χ2v) is 3.24. The maximum absolute atomic E-state index is 6.72. The molecule has 1 saturated carbocycles. The normalized spacial score (nSPS) is 20.0. The predicted octanol–water partition coefficient (Wildman–Crippen LogP) is 3.33. The first-order valence-corrected chi connectivity index (χ1v) is 4.91. The van der Waals surface area contributed by atoms with Gasteiger partial charge in [0.05, 0.1) is 6.04 Å². The van der Waals surface area contributed by atoms with E-state index in [9.17, 15) is 0 Å². The zero-order valence-electron chi connectivity index (χ0n) is 8.19. The lowest BCUT2D eigenvalue weighted by atomic mass is 9.96. The van der Waals surface area contributed by atoms with Crippen LogP contribution in [0.3, 0.4) is 0 Å². The van der Waals surface area contributed by atoms with E-state index in [0.29, 0.717) is 6.04 Å². The lowest BCUT2D eigenvalue weighted by Crippen LogP contribution is -2.07. The summed E-state index contributed by atoms with van der Waals surface area (Å²) >= 11 is 0. The van der Waals surface area contributed by atoms with Crippen molar-refractivity contribution in [3.63, 3.8) is 0 Å². The number of nitrogens with zero attached hydrogens (tertiary/aromatic N) is 1. The maximum Gasteiger partial charge on any atom is 0.125 e. The first kappa shape index (κ1) is 10.8. The van der Waals surface area contributed by atoms with Gasteiger partial charge < -0.3 is 9.47 Å². The summed E-state index contributed by atoms with van der Waals surface area (Å²) in [5.41, 5.74) is 6.72. The average molecular weight is 196 g/mol. The molecule has 1 N–H and O–H groups in total. The lowest BCUT2D eigenvalue weighted by molar-refractivity contribution is 0.290. The highest BCUT2D eigenvalue weighted by molar-refractivity contribution is 4.77. The topological polar surface area (TPSA) is 54.7 Å². The third-order valence-electron chi connectivity index (χ3n) is 2.18. The molecule has 14 heavy (non-hydrogen) atoms. The summed E-state index contributed by atoms with van der Waals surface area (Å²) in [5.74, 6) is 0. The van der Waals surface area contributed by atoms with Gasteiger partial charge in [-0.15, -0.1) is 0 Å². The molecule has 1 heterocycles. The van der Waals surface area contributed by atoms with Crippen LogP contribution in [0, 0.1) is 5.53 Å². The van der Waals surface area contributed by atoms with Crippen LogP contribution in [0.25, 0.3) is 0 Å². The zero-order chi connectivity index (χ0) is 10.1. The smallest absolute Gasteiger partial charge is 0.125 e. The van der Waals surface area contributed by atoms with Gasteiger partial charge in [-0.3, -0.25) is 0 Å². The van der Waals surface area contributed by atoms with Gasteiger partial charge in [0.1, 0.15) is 25.0 Å². The van der Waals surface area contributed by atoms with Crippen LogP contribution < -0.4 is 0 Å². The summed E-state index contributed by atoms with van der Waals surface area (Å²) < 4.78 is 9.17. The third kappa shape index (κ3) is 4.64. The molecule has 4 heteroatoms. The van der Waals surface area contributed by atoms with Crippen LogP contribution in [0.2, 0.25) is 0 Å². The number of nitrogens with one attached hydrogen (secondary N) is 1. The van der Waals surface area contributed by atoms with E-state index in [1.165, 1.54) is 44.3 Å². The van der Waals surface area contributed by atoms with Crippen LogP contribution in [0.15, 0.2) is 30.2 Å². The lowest BCUT2D eigenvalue weighted by Gasteiger charge is -2.14. The van der Waals surface area contributed by atoms with Crippen molar-refractivity contribution in [2.24, 2.45) is 5.11 Å². The summed E-state index contributed by atoms with van der Waals surface area (Å²) in [4.78, 5) is 0. The van der Waals surface area contributed by atoms with E-state index in [1.807, 2.05) is 0 Å². The first-order valence-electron chi connectivity index (χ1n) is 4.91. The molecule has 0 atom stereocenters. The van der Waals surface area contributed by atoms with Gasteiger partial charge in [-0.25, -0.2) is 5.53 Å². The minimum Gasteiger partial charge on any atom is -0.466 e. The van der Waals surface area contributed by atoms with Gasteiger partial charge in [-0.05, 0) is 12.8 Å². The molecule has 0 amide bonds. The van der Waals surface area contributed by atoms with Crippen molar-refractivity contribution in [2.75, 3.05) is 0 Å². The van der Waals surface area contributed by atoms with Crippen LogP contribution in [-0.4, -0.2) is 6.04 Å². The molecule has 0 unspecified atom stereocenters. The Hall–Kier alpha value is -1.32. The molecule has 0 saturated heterocycles. The Labute approximate surface area is 84.1 Å². The Balaban J connectivity index is 0.000000146. The summed E-state index contributed by atoms with van der Waals surface area (Å²) in [5, 5.41) is 3.50. The van der Waals surface area contributed by atoms with Crippen molar-refractivity contribution >= 4 is 0 Å². The highest BCUT2D eigenvalue weighted by Crippen LogP contribution is 2.19. The van der Waals surface area contributed by atoms with E-state index in [-0.39, 0.29) is 0 Å². The minimum atomic E-state index is 0.378. The van der Waals surface area contributed by atoms with Crippen molar-refractivity contribution < 1.29 is 9.47 Å². The molecule has 0 spiro atoms. The van der Waals surface area contributed by atoms with E-state index in [2.05, 4.69) is 14.6 Å². The SMILES string of the molecule is C1=COC=CO1.N=NC1CCCCC1. The molecule has 0 bridgehead atoms. The fraction of sp³-hybridized carbons (Fsp3) is 0.600. The molecule has 4 nitrogen and oxygen atoms in total. The molecule has 0 aromatic carbocycles. The van der Waals surface area contributed by atoms with Gasteiger partial charge in [0, 0.05) is 0 Å². The van der Waals surface area contributed by atoms with Crippen molar-refractivity contribution in [3.05, 3.63) is 25.0 Å². The van der Waals surface area contributed by atoms with Crippen molar-refractivity contribution in [2.45, 2.75) is 38.1 Å². The molecular formula is C10H16N2O2. The fourth-order valence-corrected chi connectivity index (χ4v) is 1.43.